The summed E-state index contributed by atoms with van der Waals surface area (Å²) in [5.41, 5.74) is 1.04. The summed E-state index contributed by atoms with van der Waals surface area (Å²) in [6.45, 7) is 1.55. The largest absolute Gasteiger partial charge is 0.481 e. The Morgan fingerprint density at radius 1 is 1.47 bits per heavy atom. The minimum absolute atomic E-state index is 0.0839. The molecule has 2 fully saturated rings. The molecule has 0 spiro atoms. The molecule has 1 saturated carbocycles. The van der Waals surface area contributed by atoms with Crippen LogP contribution in [0.3, 0.4) is 0 Å². The van der Waals surface area contributed by atoms with Gasteiger partial charge in [-0.05, 0) is 12.8 Å². The van der Waals surface area contributed by atoms with Gasteiger partial charge in [0.15, 0.2) is 0 Å². The minimum atomic E-state index is -0.681. The normalized spacial score (nSPS) is 29.7. The zero-order chi connectivity index (χ0) is 12.0. The fourth-order valence-corrected chi connectivity index (χ4v) is 2.85. The van der Waals surface area contributed by atoms with Gasteiger partial charge in [0.2, 0.25) is 0 Å². The number of rotatable bonds is 3. The Morgan fingerprint density at radius 2 is 2.24 bits per heavy atom. The lowest BCUT2D eigenvalue weighted by atomic mass is 9.93. The van der Waals surface area contributed by atoms with Gasteiger partial charge in [-0.3, -0.25) is 9.69 Å². The molecular weight excluding hydrogens is 218 g/mol. The number of aryl methyl sites for hydroxylation is 1. The van der Waals surface area contributed by atoms with Crippen LogP contribution in [0.1, 0.15) is 24.5 Å². The SMILES string of the molecule is Cn1cncc1[C@@H]1CN(C2CC2)C[C@H]1C(=O)O. The maximum absolute atomic E-state index is 11.4. The molecule has 0 aromatic carbocycles. The summed E-state index contributed by atoms with van der Waals surface area (Å²) >= 11 is 0. The summed E-state index contributed by atoms with van der Waals surface area (Å²) < 4.78 is 1.94. The highest BCUT2D eigenvalue weighted by Crippen LogP contribution is 2.38. The first-order valence-electron chi connectivity index (χ1n) is 6.10. The van der Waals surface area contributed by atoms with Crippen molar-refractivity contribution in [3.05, 3.63) is 18.2 Å². The summed E-state index contributed by atoms with van der Waals surface area (Å²) in [5, 5.41) is 9.34. The van der Waals surface area contributed by atoms with Crippen molar-refractivity contribution in [2.75, 3.05) is 13.1 Å². The average molecular weight is 235 g/mol. The number of likely N-dealkylation sites (tertiary alicyclic amines) is 1. The minimum Gasteiger partial charge on any atom is -0.481 e. The van der Waals surface area contributed by atoms with Gasteiger partial charge in [-0.1, -0.05) is 0 Å². The van der Waals surface area contributed by atoms with Crippen LogP contribution >= 0.6 is 0 Å². The van der Waals surface area contributed by atoms with Gasteiger partial charge in [-0.25, -0.2) is 4.98 Å². The maximum Gasteiger partial charge on any atom is 0.308 e. The number of carbonyl (C=O) groups is 1. The molecule has 2 aliphatic rings. The Balaban J connectivity index is 1.86. The van der Waals surface area contributed by atoms with Crippen LogP contribution in [0.4, 0.5) is 0 Å². The van der Waals surface area contributed by atoms with Crippen molar-refractivity contribution >= 4 is 5.97 Å². The van der Waals surface area contributed by atoms with E-state index in [4.69, 9.17) is 0 Å². The quantitative estimate of drug-likeness (QED) is 0.837. The first-order chi connectivity index (χ1) is 8.16. The van der Waals surface area contributed by atoms with Gasteiger partial charge in [0.25, 0.3) is 0 Å². The van der Waals surface area contributed by atoms with Gasteiger partial charge in [-0.15, -0.1) is 0 Å². The molecule has 0 bridgehead atoms. The van der Waals surface area contributed by atoms with E-state index in [1.807, 2.05) is 11.6 Å². The Bertz CT molecular complexity index is 439. The predicted molar refractivity (Wildman–Crippen MR) is 61.7 cm³/mol. The zero-order valence-corrected chi connectivity index (χ0v) is 9.91. The topological polar surface area (TPSA) is 58.4 Å². The molecule has 5 nitrogen and oxygen atoms in total. The highest BCUT2D eigenvalue weighted by molar-refractivity contribution is 5.72. The molecule has 3 rings (SSSR count). The van der Waals surface area contributed by atoms with Crippen molar-refractivity contribution in [1.29, 1.82) is 0 Å². The Morgan fingerprint density at radius 3 is 2.76 bits per heavy atom. The van der Waals surface area contributed by atoms with E-state index < -0.39 is 5.97 Å². The van der Waals surface area contributed by atoms with Crippen LogP contribution in [0.5, 0.6) is 0 Å². The molecule has 1 aliphatic carbocycles. The molecule has 1 aromatic rings. The zero-order valence-electron chi connectivity index (χ0n) is 9.91. The van der Waals surface area contributed by atoms with Crippen LogP contribution in [0, 0.1) is 5.92 Å². The summed E-state index contributed by atoms with van der Waals surface area (Å²) in [7, 11) is 1.93. The van der Waals surface area contributed by atoms with E-state index in [9.17, 15) is 9.90 Å². The summed E-state index contributed by atoms with van der Waals surface area (Å²) in [4.78, 5) is 17.8. The van der Waals surface area contributed by atoms with Gasteiger partial charge in [0, 0.05) is 44.0 Å². The third kappa shape index (κ3) is 1.84. The second-order valence-electron chi connectivity index (χ2n) is 5.17. The van der Waals surface area contributed by atoms with Crippen LogP contribution in [-0.2, 0) is 11.8 Å². The second kappa shape index (κ2) is 3.84. The van der Waals surface area contributed by atoms with Crippen LogP contribution in [0.15, 0.2) is 12.5 Å². The lowest BCUT2D eigenvalue weighted by molar-refractivity contribution is -0.141. The lowest BCUT2D eigenvalue weighted by Gasteiger charge is -2.15. The average Bonchev–Trinajstić information content (AvgIpc) is 2.89. The highest BCUT2D eigenvalue weighted by Gasteiger charge is 2.44. The van der Waals surface area contributed by atoms with Crippen LogP contribution < -0.4 is 0 Å². The smallest absolute Gasteiger partial charge is 0.308 e. The van der Waals surface area contributed by atoms with Crippen LogP contribution in [-0.4, -0.2) is 44.7 Å². The van der Waals surface area contributed by atoms with E-state index >= 15 is 0 Å². The highest BCUT2D eigenvalue weighted by atomic mass is 16.4. The van der Waals surface area contributed by atoms with Crippen molar-refractivity contribution < 1.29 is 9.90 Å². The van der Waals surface area contributed by atoms with Crippen LogP contribution in [0.2, 0.25) is 0 Å². The molecule has 1 saturated heterocycles. The molecular formula is C12H17N3O2. The van der Waals surface area contributed by atoms with Crippen molar-refractivity contribution in [2.45, 2.75) is 24.8 Å². The molecule has 2 heterocycles. The van der Waals surface area contributed by atoms with Crippen molar-refractivity contribution in [3.8, 4) is 0 Å². The fraction of sp³-hybridized carbons (Fsp3) is 0.667. The molecule has 0 radical (unpaired) electrons. The summed E-state index contributed by atoms with van der Waals surface area (Å²) in [6, 6.07) is 0.634. The monoisotopic (exact) mass is 235 g/mol. The fourth-order valence-electron chi connectivity index (χ4n) is 2.85. The standard InChI is InChI=1S/C12H17N3O2/c1-14-7-13-4-11(14)9-5-15(8-2-3-8)6-10(9)12(16)17/h4,7-10H,2-3,5-6H2,1H3,(H,16,17)/t9-,10-/m1/s1. The number of imidazole rings is 1. The third-order valence-electron chi connectivity index (χ3n) is 3.96. The number of carboxylic acid groups (broad SMARTS) is 1. The van der Waals surface area contributed by atoms with E-state index in [2.05, 4.69) is 9.88 Å². The van der Waals surface area contributed by atoms with E-state index in [-0.39, 0.29) is 11.8 Å². The van der Waals surface area contributed by atoms with Gasteiger partial charge >= 0.3 is 5.97 Å². The van der Waals surface area contributed by atoms with E-state index in [1.54, 1.807) is 12.5 Å². The number of hydrogen-bond acceptors (Lipinski definition) is 3. The maximum atomic E-state index is 11.4. The predicted octanol–water partition coefficient (Wildman–Crippen LogP) is 0.683. The second-order valence-corrected chi connectivity index (χ2v) is 5.17. The molecule has 0 unspecified atom stereocenters. The van der Waals surface area contributed by atoms with Gasteiger partial charge in [-0.2, -0.15) is 0 Å². The summed E-state index contributed by atoms with van der Waals surface area (Å²) in [5.74, 6) is -0.883. The number of aliphatic carboxylic acids is 1. The van der Waals surface area contributed by atoms with Crippen molar-refractivity contribution in [3.63, 3.8) is 0 Å². The van der Waals surface area contributed by atoms with Crippen LogP contribution in [0.25, 0.3) is 0 Å². The lowest BCUT2D eigenvalue weighted by Crippen LogP contribution is -2.25. The van der Waals surface area contributed by atoms with Gasteiger partial charge < -0.3 is 9.67 Å². The van der Waals surface area contributed by atoms with Crippen molar-refractivity contribution in [1.82, 2.24) is 14.5 Å². The molecule has 1 aliphatic heterocycles. The summed E-state index contributed by atoms with van der Waals surface area (Å²) in [6.07, 6.45) is 6.00. The third-order valence-corrected chi connectivity index (χ3v) is 3.96. The molecule has 5 heteroatoms. The molecule has 2 atom stereocenters. The number of aromatic nitrogens is 2. The number of hydrogen-bond donors (Lipinski definition) is 1. The Kier molecular flexibility index (Phi) is 2.43. The first kappa shape index (κ1) is 10.8. The number of nitrogens with zero attached hydrogens (tertiary/aromatic N) is 3. The molecule has 1 N–H and O–H groups in total. The van der Waals surface area contributed by atoms with E-state index in [0.717, 1.165) is 12.2 Å². The van der Waals surface area contributed by atoms with E-state index in [0.29, 0.717) is 12.6 Å². The van der Waals surface area contributed by atoms with Gasteiger partial charge in [0.1, 0.15) is 0 Å². The molecule has 0 amide bonds. The van der Waals surface area contributed by atoms with E-state index in [1.165, 1.54) is 12.8 Å². The first-order valence-corrected chi connectivity index (χ1v) is 6.10. The number of carboxylic acids is 1. The van der Waals surface area contributed by atoms with Gasteiger partial charge in [0.05, 0.1) is 12.2 Å². The molecule has 17 heavy (non-hydrogen) atoms. The Labute approximate surface area is 100 Å². The molecule has 92 valence electrons. The molecule has 1 aromatic heterocycles. The Hall–Kier alpha value is -1.36. The van der Waals surface area contributed by atoms with Crippen molar-refractivity contribution in [2.24, 2.45) is 13.0 Å².